The molecule has 4 nitrogen and oxygen atoms in total. The van der Waals surface area contributed by atoms with Gasteiger partial charge >= 0.3 is 0 Å². The van der Waals surface area contributed by atoms with Crippen molar-refractivity contribution >= 4 is 18.4 Å². The molecule has 2 N–H and O–H groups in total. The maximum absolute atomic E-state index is 10.4. The highest BCUT2D eigenvalue weighted by Crippen LogP contribution is 2.13. The minimum atomic E-state index is 0.395. The molecule has 62 valence electrons. The molecule has 1 aromatic carbocycles. The fourth-order valence-electron chi connectivity index (χ4n) is 0.879. The van der Waals surface area contributed by atoms with Gasteiger partial charge in [0.2, 0.25) is 6.41 Å². The summed E-state index contributed by atoms with van der Waals surface area (Å²) in [6, 6.07) is 6.58. The highest BCUT2D eigenvalue weighted by molar-refractivity contribution is 5.89. The highest BCUT2D eigenvalue weighted by Gasteiger charge is 2.03. The average molecular weight is 164 g/mol. The van der Waals surface area contributed by atoms with Gasteiger partial charge in [0.1, 0.15) is 0 Å². The first-order chi connectivity index (χ1) is 5.79. The molecule has 1 amide bonds. The second-order valence-corrected chi connectivity index (χ2v) is 2.19. The van der Waals surface area contributed by atoms with Crippen molar-refractivity contribution < 1.29 is 9.59 Å². The van der Waals surface area contributed by atoms with Gasteiger partial charge in [-0.15, -0.1) is 0 Å². The van der Waals surface area contributed by atoms with E-state index in [1.54, 1.807) is 24.3 Å². The predicted octanol–water partition coefficient (Wildman–Crippen LogP) is 0.336. The van der Waals surface area contributed by atoms with Crippen LogP contribution in [0.1, 0.15) is 10.4 Å². The Balaban J connectivity index is 3.12. The molecular weight excluding hydrogens is 156 g/mol. The lowest BCUT2D eigenvalue weighted by Crippen LogP contribution is -2.29. The third kappa shape index (κ3) is 1.49. The smallest absolute Gasteiger partial charge is 0.228 e. The van der Waals surface area contributed by atoms with Gasteiger partial charge in [0.15, 0.2) is 6.29 Å². The Hall–Kier alpha value is -1.68. The number of aldehydes is 1. The van der Waals surface area contributed by atoms with E-state index in [2.05, 4.69) is 0 Å². The minimum absolute atomic E-state index is 0.395. The summed E-state index contributed by atoms with van der Waals surface area (Å²) in [5.74, 6) is 5.28. The zero-order valence-corrected chi connectivity index (χ0v) is 6.31. The molecule has 0 aliphatic carbocycles. The van der Waals surface area contributed by atoms with Crippen LogP contribution in [-0.4, -0.2) is 12.7 Å². The Morgan fingerprint density at radius 2 is 1.92 bits per heavy atom. The Morgan fingerprint density at radius 1 is 1.25 bits per heavy atom. The number of hydrogen-bond donors (Lipinski definition) is 1. The van der Waals surface area contributed by atoms with Crippen LogP contribution < -0.4 is 10.9 Å². The molecule has 0 unspecified atom stereocenters. The molecule has 4 heteroatoms. The second-order valence-electron chi connectivity index (χ2n) is 2.19. The Morgan fingerprint density at radius 3 is 2.50 bits per heavy atom. The Labute approximate surface area is 69.6 Å². The van der Waals surface area contributed by atoms with E-state index < -0.39 is 0 Å². The zero-order chi connectivity index (χ0) is 8.97. The van der Waals surface area contributed by atoms with E-state index in [0.29, 0.717) is 23.9 Å². The van der Waals surface area contributed by atoms with Crippen molar-refractivity contribution in [2.75, 3.05) is 5.01 Å². The van der Waals surface area contributed by atoms with E-state index in [4.69, 9.17) is 5.84 Å². The van der Waals surface area contributed by atoms with Gasteiger partial charge in [-0.2, -0.15) is 0 Å². The van der Waals surface area contributed by atoms with Crippen LogP contribution in [0, 0.1) is 0 Å². The topological polar surface area (TPSA) is 63.4 Å². The molecule has 0 aliphatic rings. The number of para-hydroxylation sites is 1. The number of hydrogen-bond acceptors (Lipinski definition) is 3. The van der Waals surface area contributed by atoms with E-state index in [0.717, 1.165) is 5.01 Å². The number of hydrazine groups is 1. The lowest BCUT2D eigenvalue weighted by molar-refractivity contribution is -0.107. The number of benzene rings is 1. The monoisotopic (exact) mass is 164 g/mol. The largest absolute Gasteiger partial charge is 0.298 e. The molecule has 0 fully saturated rings. The molecule has 0 spiro atoms. The van der Waals surface area contributed by atoms with E-state index in [1.807, 2.05) is 0 Å². The summed E-state index contributed by atoms with van der Waals surface area (Å²) in [6.45, 7) is 0. The summed E-state index contributed by atoms with van der Waals surface area (Å²) in [4.78, 5) is 20.7. The van der Waals surface area contributed by atoms with Crippen LogP contribution in [0.25, 0.3) is 0 Å². The molecule has 0 aliphatic heterocycles. The lowest BCUT2D eigenvalue weighted by Gasteiger charge is -2.11. The number of carbonyl (C=O) groups is 2. The molecule has 0 heterocycles. The first-order valence-electron chi connectivity index (χ1n) is 3.33. The first kappa shape index (κ1) is 8.42. The summed E-state index contributed by atoms with van der Waals surface area (Å²) in [6.07, 6.45) is 1.10. The van der Waals surface area contributed by atoms with Crippen LogP contribution >= 0.6 is 0 Å². The molecule has 0 bridgehead atoms. The average Bonchev–Trinajstić information content (AvgIpc) is 2.16. The number of amides is 1. The molecule has 0 radical (unpaired) electrons. The predicted molar refractivity (Wildman–Crippen MR) is 44.6 cm³/mol. The number of nitrogens with two attached hydrogens (primary N) is 1. The van der Waals surface area contributed by atoms with Crippen molar-refractivity contribution in [1.29, 1.82) is 0 Å². The van der Waals surface area contributed by atoms with Crippen LogP contribution in [-0.2, 0) is 4.79 Å². The quantitative estimate of drug-likeness (QED) is 0.303. The van der Waals surface area contributed by atoms with Gasteiger partial charge in [-0.25, -0.2) is 5.84 Å². The second kappa shape index (κ2) is 3.64. The number of anilines is 1. The van der Waals surface area contributed by atoms with Crippen LogP contribution in [0.5, 0.6) is 0 Å². The molecule has 1 aromatic rings. The van der Waals surface area contributed by atoms with Crippen molar-refractivity contribution in [3.63, 3.8) is 0 Å². The van der Waals surface area contributed by atoms with E-state index >= 15 is 0 Å². The molecule has 0 saturated carbocycles. The number of nitrogens with zero attached hydrogens (tertiary/aromatic N) is 1. The lowest BCUT2D eigenvalue weighted by atomic mass is 10.2. The van der Waals surface area contributed by atoms with Gasteiger partial charge in [0.25, 0.3) is 0 Å². The van der Waals surface area contributed by atoms with Gasteiger partial charge in [0, 0.05) is 5.56 Å². The number of carbonyl (C=O) groups excluding carboxylic acids is 2. The van der Waals surface area contributed by atoms with E-state index in [1.165, 1.54) is 0 Å². The third-order valence-electron chi connectivity index (χ3n) is 1.46. The fourth-order valence-corrected chi connectivity index (χ4v) is 0.879. The SMILES string of the molecule is NN(C=O)c1ccccc1C=O. The first-order valence-corrected chi connectivity index (χ1v) is 3.33. The van der Waals surface area contributed by atoms with Crippen molar-refractivity contribution in [1.82, 2.24) is 0 Å². The Kier molecular flexibility index (Phi) is 2.55. The van der Waals surface area contributed by atoms with E-state index in [9.17, 15) is 9.59 Å². The molecule has 12 heavy (non-hydrogen) atoms. The van der Waals surface area contributed by atoms with Crippen molar-refractivity contribution in [2.24, 2.45) is 5.84 Å². The van der Waals surface area contributed by atoms with Crippen LogP contribution in [0.2, 0.25) is 0 Å². The van der Waals surface area contributed by atoms with Crippen molar-refractivity contribution in [2.45, 2.75) is 0 Å². The van der Waals surface area contributed by atoms with Gasteiger partial charge < -0.3 is 0 Å². The van der Waals surface area contributed by atoms with Gasteiger partial charge in [-0.05, 0) is 12.1 Å². The fraction of sp³-hybridized carbons (Fsp3) is 0. The third-order valence-corrected chi connectivity index (χ3v) is 1.46. The van der Waals surface area contributed by atoms with Crippen molar-refractivity contribution in [3.8, 4) is 0 Å². The van der Waals surface area contributed by atoms with Crippen molar-refractivity contribution in [3.05, 3.63) is 29.8 Å². The minimum Gasteiger partial charge on any atom is -0.298 e. The summed E-state index contributed by atoms with van der Waals surface area (Å²) in [5, 5.41) is 0.865. The maximum Gasteiger partial charge on any atom is 0.228 e. The van der Waals surface area contributed by atoms with Gasteiger partial charge in [-0.1, -0.05) is 12.1 Å². The normalized spacial score (nSPS) is 9.08. The Bertz CT molecular complexity index is 299. The van der Waals surface area contributed by atoms with Crippen LogP contribution in [0.15, 0.2) is 24.3 Å². The zero-order valence-electron chi connectivity index (χ0n) is 6.31. The van der Waals surface area contributed by atoms with Gasteiger partial charge in [0.05, 0.1) is 5.69 Å². The van der Waals surface area contributed by atoms with Crippen LogP contribution in [0.4, 0.5) is 5.69 Å². The molecule has 0 atom stereocenters. The molecule has 1 rings (SSSR count). The summed E-state index contributed by atoms with van der Waals surface area (Å²) in [7, 11) is 0. The van der Waals surface area contributed by atoms with Gasteiger partial charge in [-0.3, -0.25) is 14.6 Å². The summed E-state index contributed by atoms with van der Waals surface area (Å²) in [5.41, 5.74) is 0.801. The highest BCUT2D eigenvalue weighted by atomic mass is 16.1. The number of rotatable bonds is 3. The molecular formula is C8H8N2O2. The summed E-state index contributed by atoms with van der Waals surface area (Å²) >= 11 is 0. The van der Waals surface area contributed by atoms with E-state index in [-0.39, 0.29) is 0 Å². The van der Waals surface area contributed by atoms with Crippen LogP contribution in [0.3, 0.4) is 0 Å². The maximum atomic E-state index is 10.4. The molecule has 0 saturated heterocycles. The molecule has 0 aromatic heterocycles. The summed E-state index contributed by atoms with van der Waals surface area (Å²) < 4.78 is 0. The standard InChI is InChI=1S/C8H8N2O2/c9-10(6-12)8-4-2-1-3-7(8)5-11/h1-6H,9H2.